The van der Waals surface area contributed by atoms with Crippen LogP contribution in [0.1, 0.15) is 36.7 Å². The molecule has 3 aromatic rings. The van der Waals surface area contributed by atoms with Gasteiger partial charge in [-0.15, -0.1) is 0 Å². The lowest BCUT2D eigenvalue weighted by molar-refractivity contribution is 0.0636. The van der Waals surface area contributed by atoms with Crippen molar-refractivity contribution in [1.82, 2.24) is 0 Å². The highest BCUT2D eigenvalue weighted by Crippen LogP contribution is 2.21. The first-order valence-electron chi connectivity index (χ1n) is 9.42. The first kappa shape index (κ1) is 20.9. The van der Waals surface area contributed by atoms with Crippen LogP contribution in [-0.4, -0.2) is 23.8 Å². The van der Waals surface area contributed by atoms with Gasteiger partial charge < -0.3 is 15.9 Å². The summed E-state index contributed by atoms with van der Waals surface area (Å²) in [7, 11) is 0. The quantitative estimate of drug-likeness (QED) is 0.332. The Balaban J connectivity index is 1.67. The predicted octanol–water partition coefficient (Wildman–Crippen LogP) is 4.73. The summed E-state index contributed by atoms with van der Waals surface area (Å²) in [5.41, 5.74) is 2.02. The van der Waals surface area contributed by atoms with Crippen molar-refractivity contribution in [2.75, 3.05) is 10.6 Å². The largest absolute Gasteiger partial charge is 0.444 e. The molecule has 0 bridgehead atoms. The van der Waals surface area contributed by atoms with Gasteiger partial charge in [-0.1, -0.05) is 18.2 Å². The monoisotopic (exact) mass is 404 g/mol. The third kappa shape index (κ3) is 5.57. The van der Waals surface area contributed by atoms with Crippen LogP contribution in [0, 0.1) is 0 Å². The summed E-state index contributed by atoms with van der Waals surface area (Å²) in [6, 6.07) is 18.1. The highest BCUT2D eigenvalue weighted by Gasteiger charge is 2.16. The van der Waals surface area contributed by atoms with Crippen LogP contribution < -0.4 is 16.5 Å². The van der Waals surface area contributed by atoms with Crippen LogP contribution in [0.15, 0.2) is 65.8 Å². The van der Waals surface area contributed by atoms with Crippen LogP contribution in [0.3, 0.4) is 0 Å². The van der Waals surface area contributed by atoms with Gasteiger partial charge in [-0.2, -0.15) is 5.10 Å². The highest BCUT2D eigenvalue weighted by molar-refractivity contribution is 6.05. The SMILES string of the molecule is CC(C)(C)OC(=O)Nc1ccc(C(=O)Nc2ccc3cc(C=NN)ccc3c2)cc1. The normalized spacial score (nSPS) is 11.4. The van der Waals surface area contributed by atoms with E-state index in [0.29, 0.717) is 16.9 Å². The number of rotatable bonds is 4. The lowest BCUT2D eigenvalue weighted by atomic mass is 10.1. The minimum Gasteiger partial charge on any atom is -0.444 e. The third-order valence-corrected chi connectivity index (χ3v) is 4.14. The van der Waals surface area contributed by atoms with Gasteiger partial charge in [0.2, 0.25) is 0 Å². The van der Waals surface area contributed by atoms with Gasteiger partial charge >= 0.3 is 6.09 Å². The lowest BCUT2D eigenvalue weighted by Crippen LogP contribution is -2.27. The number of nitrogens with one attached hydrogen (secondary N) is 2. The molecular formula is C23H24N4O3. The van der Waals surface area contributed by atoms with Crippen LogP contribution in [0.2, 0.25) is 0 Å². The second kappa shape index (κ2) is 8.65. The van der Waals surface area contributed by atoms with Crippen molar-refractivity contribution in [3.05, 3.63) is 71.8 Å². The number of carbonyl (C=O) groups is 2. The molecule has 0 aliphatic rings. The van der Waals surface area contributed by atoms with E-state index in [9.17, 15) is 9.59 Å². The van der Waals surface area contributed by atoms with E-state index in [-0.39, 0.29) is 5.91 Å². The number of amides is 2. The molecule has 0 saturated carbocycles. The minimum atomic E-state index is -0.580. The summed E-state index contributed by atoms with van der Waals surface area (Å²) in [6.07, 6.45) is 1.04. The van der Waals surface area contributed by atoms with Crippen molar-refractivity contribution in [2.24, 2.45) is 10.9 Å². The van der Waals surface area contributed by atoms with Gasteiger partial charge in [0.1, 0.15) is 5.60 Å². The molecule has 3 aromatic carbocycles. The maximum Gasteiger partial charge on any atom is 0.412 e. The molecule has 0 radical (unpaired) electrons. The summed E-state index contributed by atoms with van der Waals surface area (Å²) in [4.78, 5) is 24.4. The molecule has 0 aliphatic carbocycles. The van der Waals surface area contributed by atoms with Crippen LogP contribution >= 0.6 is 0 Å². The second-order valence-electron chi connectivity index (χ2n) is 7.76. The van der Waals surface area contributed by atoms with Crippen molar-refractivity contribution >= 4 is 40.4 Å². The number of hydrogen-bond donors (Lipinski definition) is 3. The molecule has 2 amide bonds. The number of hydrogen-bond acceptors (Lipinski definition) is 5. The van der Waals surface area contributed by atoms with E-state index in [2.05, 4.69) is 15.7 Å². The molecule has 0 aromatic heterocycles. The van der Waals surface area contributed by atoms with E-state index < -0.39 is 11.7 Å². The number of nitrogens with zero attached hydrogens (tertiary/aromatic N) is 1. The van der Waals surface area contributed by atoms with Gasteiger partial charge in [0.05, 0.1) is 6.21 Å². The minimum absolute atomic E-state index is 0.245. The van der Waals surface area contributed by atoms with Crippen molar-refractivity contribution in [3.63, 3.8) is 0 Å². The van der Waals surface area contributed by atoms with E-state index in [1.807, 2.05) is 36.4 Å². The molecule has 30 heavy (non-hydrogen) atoms. The molecule has 0 atom stereocenters. The number of carbonyl (C=O) groups excluding carboxylic acids is 2. The number of anilines is 2. The molecule has 0 heterocycles. The molecule has 0 fully saturated rings. The zero-order chi connectivity index (χ0) is 21.7. The molecule has 0 unspecified atom stereocenters. The van der Waals surface area contributed by atoms with Crippen molar-refractivity contribution in [2.45, 2.75) is 26.4 Å². The Bertz CT molecular complexity index is 1100. The zero-order valence-corrected chi connectivity index (χ0v) is 17.1. The molecule has 0 saturated heterocycles. The van der Waals surface area contributed by atoms with Crippen LogP contribution in [-0.2, 0) is 4.74 Å². The average molecular weight is 404 g/mol. The summed E-state index contributed by atoms with van der Waals surface area (Å²) in [6.45, 7) is 5.38. The fourth-order valence-electron chi connectivity index (χ4n) is 2.84. The number of benzene rings is 3. The number of ether oxygens (including phenoxy) is 1. The molecule has 0 spiro atoms. The Kier molecular flexibility index (Phi) is 6.01. The number of fused-ring (bicyclic) bond motifs is 1. The Hall–Kier alpha value is -3.87. The van der Waals surface area contributed by atoms with Gasteiger partial charge in [0.15, 0.2) is 0 Å². The van der Waals surface area contributed by atoms with E-state index in [4.69, 9.17) is 10.6 Å². The van der Waals surface area contributed by atoms with Crippen LogP contribution in [0.25, 0.3) is 10.8 Å². The molecule has 154 valence electrons. The van der Waals surface area contributed by atoms with E-state index in [1.54, 1.807) is 51.3 Å². The van der Waals surface area contributed by atoms with Gasteiger partial charge in [0, 0.05) is 16.9 Å². The molecule has 3 rings (SSSR count). The van der Waals surface area contributed by atoms with Crippen molar-refractivity contribution in [1.29, 1.82) is 0 Å². The number of hydrazone groups is 1. The summed E-state index contributed by atoms with van der Waals surface area (Å²) >= 11 is 0. The Morgan fingerprint density at radius 3 is 2.20 bits per heavy atom. The van der Waals surface area contributed by atoms with E-state index in [0.717, 1.165) is 16.3 Å². The molecule has 7 heteroatoms. The third-order valence-electron chi connectivity index (χ3n) is 4.14. The molecule has 4 N–H and O–H groups in total. The van der Waals surface area contributed by atoms with Gasteiger partial charge in [0.25, 0.3) is 5.91 Å². The zero-order valence-electron chi connectivity index (χ0n) is 17.1. The molecule has 0 aliphatic heterocycles. The average Bonchev–Trinajstić information content (AvgIpc) is 2.67. The first-order chi connectivity index (χ1) is 14.2. The lowest BCUT2D eigenvalue weighted by Gasteiger charge is -2.19. The fraction of sp³-hybridized carbons (Fsp3) is 0.174. The van der Waals surface area contributed by atoms with Crippen LogP contribution in [0.5, 0.6) is 0 Å². The Morgan fingerprint density at radius 2 is 1.53 bits per heavy atom. The molecule has 7 nitrogen and oxygen atoms in total. The standard InChI is InChI=1S/C23H24N4O3/c1-23(2,3)30-22(29)27-19-9-6-16(7-10-19)21(28)26-20-11-8-17-12-15(14-25-24)4-5-18(17)13-20/h4-14H,24H2,1-3H3,(H,26,28)(H,27,29). The first-order valence-corrected chi connectivity index (χ1v) is 9.42. The summed E-state index contributed by atoms with van der Waals surface area (Å²) < 4.78 is 5.21. The number of nitrogens with two attached hydrogens (primary N) is 1. The molecular weight excluding hydrogens is 380 g/mol. The van der Waals surface area contributed by atoms with E-state index >= 15 is 0 Å². The Labute approximate surface area is 174 Å². The van der Waals surface area contributed by atoms with Gasteiger partial charge in [-0.3, -0.25) is 10.1 Å². The van der Waals surface area contributed by atoms with Crippen molar-refractivity contribution in [3.8, 4) is 0 Å². The van der Waals surface area contributed by atoms with Gasteiger partial charge in [-0.25, -0.2) is 4.79 Å². The predicted molar refractivity (Wildman–Crippen MR) is 120 cm³/mol. The topological polar surface area (TPSA) is 106 Å². The summed E-state index contributed by atoms with van der Waals surface area (Å²) in [5.74, 6) is 4.95. The van der Waals surface area contributed by atoms with E-state index in [1.165, 1.54) is 0 Å². The summed E-state index contributed by atoms with van der Waals surface area (Å²) in [5, 5.41) is 11.1. The van der Waals surface area contributed by atoms with Gasteiger partial charge in [-0.05, 0) is 79.6 Å². The fourth-order valence-corrected chi connectivity index (χ4v) is 2.84. The maximum atomic E-state index is 12.6. The van der Waals surface area contributed by atoms with Crippen LogP contribution in [0.4, 0.5) is 16.2 Å². The highest BCUT2D eigenvalue weighted by atomic mass is 16.6. The van der Waals surface area contributed by atoms with Crippen molar-refractivity contribution < 1.29 is 14.3 Å². The maximum absolute atomic E-state index is 12.6. The second-order valence-corrected chi connectivity index (χ2v) is 7.76. The smallest absolute Gasteiger partial charge is 0.412 e. The Morgan fingerprint density at radius 1 is 0.900 bits per heavy atom.